The van der Waals surface area contributed by atoms with E-state index in [0.29, 0.717) is 5.82 Å². The van der Waals surface area contributed by atoms with Gasteiger partial charge >= 0.3 is 0 Å². The van der Waals surface area contributed by atoms with Crippen molar-refractivity contribution in [1.29, 1.82) is 0 Å². The zero-order valence-corrected chi connectivity index (χ0v) is 10.3. The first-order valence-electron chi connectivity index (χ1n) is 6.48. The zero-order valence-electron chi connectivity index (χ0n) is 10.3. The van der Waals surface area contributed by atoms with Crippen molar-refractivity contribution in [2.45, 2.75) is 25.7 Å². The molecule has 0 saturated carbocycles. The molecule has 2 aromatic rings. The molecule has 96 valence electrons. The topological polar surface area (TPSA) is 64.1 Å². The predicted molar refractivity (Wildman–Crippen MR) is 65.9 cm³/mol. The second-order valence-corrected chi connectivity index (χ2v) is 4.77. The van der Waals surface area contributed by atoms with Crippen LogP contribution in [0.3, 0.4) is 0 Å². The van der Waals surface area contributed by atoms with Gasteiger partial charge in [-0.15, -0.1) is 0 Å². The number of nitrogens with zero attached hydrogens (tertiary/aromatic N) is 2. The van der Waals surface area contributed by atoms with Gasteiger partial charge in [-0.05, 0) is 44.3 Å². The quantitative estimate of drug-likeness (QED) is 0.897. The Kier molecular flexibility index (Phi) is 3.41. The molecule has 0 aromatic carbocycles. The van der Waals surface area contributed by atoms with E-state index in [4.69, 9.17) is 8.94 Å². The fraction of sp³-hybridized carbons (Fsp3) is 0.538. The first-order valence-corrected chi connectivity index (χ1v) is 6.48. The maximum Gasteiger partial charge on any atom is 0.226 e. The summed E-state index contributed by atoms with van der Waals surface area (Å²) in [6, 6.07) is 1.83. The van der Waals surface area contributed by atoms with Crippen LogP contribution in [0.5, 0.6) is 0 Å². The van der Waals surface area contributed by atoms with Crippen molar-refractivity contribution in [2.24, 2.45) is 5.92 Å². The Morgan fingerprint density at radius 3 is 3.22 bits per heavy atom. The molecule has 3 rings (SSSR count). The fourth-order valence-electron chi connectivity index (χ4n) is 2.36. The summed E-state index contributed by atoms with van der Waals surface area (Å²) in [4.78, 5) is 4.38. The molecule has 5 nitrogen and oxygen atoms in total. The van der Waals surface area contributed by atoms with Crippen LogP contribution in [0.4, 0.5) is 0 Å². The van der Waals surface area contributed by atoms with Gasteiger partial charge in [0.05, 0.1) is 11.8 Å². The van der Waals surface area contributed by atoms with Crippen molar-refractivity contribution >= 4 is 0 Å². The van der Waals surface area contributed by atoms with Gasteiger partial charge in [0.25, 0.3) is 0 Å². The highest BCUT2D eigenvalue weighted by molar-refractivity contribution is 5.51. The molecule has 0 spiro atoms. The number of hydrogen-bond acceptors (Lipinski definition) is 5. The highest BCUT2D eigenvalue weighted by Gasteiger charge is 2.15. The van der Waals surface area contributed by atoms with E-state index < -0.39 is 0 Å². The van der Waals surface area contributed by atoms with Gasteiger partial charge < -0.3 is 14.3 Å². The lowest BCUT2D eigenvalue weighted by molar-refractivity contribution is 0.327. The number of hydrogen-bond donors (Lipinski definition) is 1. The summed E-state index contributed by atoms with van der Waals surface area (Å²) >= 11 is 0. The minimum Gasteiger partial charge on any atom is -0.472 e. The van der Waals surface area contributed by atoms with Gasteiger partial charge in [0.1, 0.15) is 6.26 Å². The molecule has 18 heavy (non-hydrogen) atoms. The van der Waals surface area contributed by atoms with E-state index in [1.165, 1.54) is 12.8 Å². The zero-order chi connectivity index (χ0) is 12.2. The third kappa shape index (κ3) is 2.61. The summed E-state index contributed by atoms with van der Waals surface area (Å²) in [7, 11) is 0. The molecule has 0 radical (unpaired) electrons. The van der Waals surface area contributed by atoms with Crippen molar-refractivity contribution in [3.8, 4) is 11.4 Å². The number of piperidine rings is 1. The van der Waals surface area contributed by atoms with Gasteiger partial charge in [0.2, 0.25) is 11.7 Å². The summed E-state index contributed by atoms with van der Waals surface area (Å²) in [5.74, 6) is 2.07. The molecule has 3 heterocycles. The second-order valence-electron chi connectivity index (χ2n) is 4.77. The number of aryl methyl sites for hydroxylation is 1. The minimum absolute atomic E-state index is 0.612. The Labute approximate surface area is 106 Å². The van der Waals surface area contributed by atoms with Crippen LogP contribution in [-0.4, -0.2) is 23.2 Å². The third-order valence-electron chi connectivity index (χ3n) is 3.41. The molecule has 1 saturated heterocycles. The van der Waals surface area contributed by atoms with Crippen molar-refractivity contribution in [1.82, 2.24) is 15.5 Å². The smallest absolute Gasteiger partial charge is 0.226 e. The molecule has 1 unspecified atom stereocenters. The summed E-state index contributed by atoms with van der Waals surface area (Å²) < 4.78 is 10.3. The maximum atomic E-state index is 5.26. The van der Waals surface area contributed by atoms with E-state index in [0.717, 1.165) is 43.3 Å². The Morgan fingerprint density at radius 1 is 1.44 bits per heavy atom. The van der Waals surface area contributed by atoms with E-state index in [1.807, 2.05) is 6.07 Å². The van der Waals surface area contributed by atoms with Crippen LogP contribution in [0.25, 0.3) is 11.4 Å². The van der Waals surface area contributed by atoms with Crippen LogP contribution >= 0.6 is 0 Å². The van der Waals surface area contributed by atoms with Crippen LogP contribution < -0.4 is 5.32 Å². The Bertz CT molecular complexity index is 472. The monoisotopic (exact) mass is 247 g/mol. The number of nitrogens with one attached hydrogen (secondary N) is 1. The van der Waals surface area contributed by atoms with Gasteiger partial charge in [0.15, 0.2) is 0 Å². The summed E-state index contributed by atoms with van der Waals surface area (Å²) in [5, 5.41) is 7.38. The highest BCUT2D eigenvalue weighted by atomic mass is 16.5. The molecule has 1 aliphatic heterocycles. The molecule has 1 aliphatic rings. The van der Waals surface area contributed by atoms with Crippen molar-refractivity contribution in [2.75, 3.05) is 13.1 Å². The second kappa shape index (κ2) is 5.35. The summed E-state index contributed by atoms with van der Waals surface area (Å²) in [6.45, 7) is 2.27. The summed E-state index contributed by atoms with van der Waals surface area (Å²) in [5.41, 5.74) is 0.865. The first kappa shape index (κ1) is 11.5. The van der Waals surface area contributed by atoms with E-state index in [-0.39, 0.29) is 0 Å². The Morgan fingerprint density at radius 2 is 2.44 bits per heavy atom. The van der Waals surface area contributed by atoms with Gasteiger partial charge in [-0.25, -0.2) is 0 Å². The Balaban J connectivity index is 1.57. The van der Waals surface area contributed by atoms with E-state index in [2.05, 4.69) is 15.5 Å². The van der Waals surface area contributed by atoms with Crippen molar-refractivity contribution in [3.05, 3.63) is 24.5 Å². The van der Waals surface area contributed by atoms with Gasteiger partial charge in [-0.3, -0.25) is 0 Å². The average Bonchev–Trinajstić information content (AvgIpc) is 3.08. The van der Waals surface area contributed by atoms with E-state index >= 15 is 0 Å². The van der Waals surface area contributed by atoms with Crippen LogP contribution in [0, 0.1) is 5.92 Å². The van der Waals surface area contributed by atoms with E-state index in [9.17, 15) is 0 Å². The molecule has 2 aromatic heterocycles. The summed E-state index contributed by atoms with van der Waals surface area (Å²) in [6.07, 6.45) is 7.78. The van der Waals surface area contributed by atoms with Crippen molar-refractivity contribution < 1.29 is 8.94 Å². The molecular formula is C13H17N3O2. The van der Waals surface area contributed by atoms with Crippen molar-refractivity contribution in [3.63, 3.8) is 0 Å². The standard InChI is InChI=1S/C13H17N3O2/c1-2-10(8-14-6-1)3-4-12-15-13(16-18-12)11-5-7-17-9-11/h5,7,9-10,14H,1-4,6,8H2. The number of rotatable bonds is 4. The maximum absolute atomic E-state index is 5.26. The van der Waals surface area contributed by atoms with Crippen LogP contribution in [0.15, 0.2) is 27.5 Å². The number of furan rings is 1. The molecule has 0 bridgehead atoms. The predicted octanol–water partition coefficient (Wildman–Crippen LogP) is 2.26. The highest BCUT2D eigenvalue weighted by Crippen LogP contribution is 2.19. The molecule has 1 fully saturated rings. The molecule has 0 amide bonds. The SMILES string of the molecule is c1cc(-c2noc(CCC3CCCNC3)n2)co1. The lowest BCUT2D eigenvalue weighted by Gasteiger charge is -2.21. The van der Waals surface area contributed by atoms with Crippen LogP contribution in [0.2, 0.25) is 0 Å². The van der Waals surface area contributed by atoms with Crippen LogP contribution in [0.1, 0.15) is 25.2 Å². The minimum atomic E-state index is 0.612. The third-order valence-corrected chi connectivity index (χ3v) is 3.41. The van der Waals surface area contributed by atoms with Gasteiger partial charge in [0, 0.05) is 6.42 Å². The van der Waals surface area contributed by atoms with E-state index in [1.54, 1.807) is 12.5 Å². The van der Waals surface area contributed by atoms with Gasteiger partial charge in [-0.2, -0.15) is 4.98 Å². The molecule has 5 heteroatoms. The van der Waals surface area contributed by atoms with Crippen LogP contribution in [-0.2, 0) is 6.42 Å². The molecule has 1 atom stereocenters. The first-order chi connectivity index (χ1) is 8.92. The average molecular weight is 247 g/mol. The normalized spacial score (nSPS) is 20.1. The molecule has 1 N–H and O–H groups in total. The number of aromatic nitrogens is 2. The molecule has 0 aliphatic carbocycles. The lowest BCUT2D eigenvalue weighted by Crippen LogP contribution is -2.29. The largest absolute Gasteiger partial charge is 0.472 e. The lowest BCUT2D eigenvalue weighted by atomic mass is 9.95. The fourth-order valence-corrected chi connectivity index (χ4v) is 2.36. The molecular weight excluding hydrogens is 230 g/mol. The van der Waals surface area contributed by atoms with Gasteiger partial charge in [-0.1, -0.05) is 5.16 Å². The Hall–Kier alpha value is -1.62.